The molecule has 0 aromatic rings. The van der Waals surface area contributed by atoms with Gasteiger partial charge in [-0.1, -0.05) is 29.8 Å². The molecule has 0 amide bonds. The average molecular weight is 206 g/mol. The van der Waals surface area contributed by atoms with Crippen LogP contribution in [0.3, 0.4) is 0 Å². The van der Waals surface area contributed by atoms with E-state index in [9.17, 15) is 0 Å². The summed E-state index contributed by atoms with van der Waals surface area (Å²) in [6.07, 6.45) is 2.54. The lowest BCUT2D eigenvalue weighted by Crippen LogP contribution is -2.42. The van der Waals surface area contributed by atoms with E-state index in [2.05, 4.69) is 29.8 Å². The van der Waals surface area contributed by atoms with E-state index in [4.69, 9.17) is 5.73 Å². The molecule has 0 aliphatic heterocycles. The van der Waals surface area contributed by atoms with E-state index in [1.54, 1.807) is 0 Å². The summed E-state index contributed by atoms with van der Waals surface area (Å²) >= 11 is 3.61. The summed E-state index contributed by atoms with van der Waals surface area (Å²) in [6, 6.07) is 0.371. The van der Waals surface area contributed by atoms with E-state index in [0.29, 0.717) is 16.8 Å². The maximum atomic E-state index is 5.94. The van der Waals surface area contributed by atoms with Crippen LogP contribution in [0.4, 0.5) is 0 Å². The number of hydrogen-bond acceptors (Lipinski definition) is 1. The van der Waals surface area contributed by atoms with Gasteiger partial charge in [0, 0.05) is 10.9 Å². The van der Waals surface area contributed by atoms with Crippen molar-refractivity contribution in [3.05, 3.63) is 0 Å². The standard InChI is InChI=1S/C8H16BrN/c1-5-3-6(2)8(10)7(9)4-5/h5-8H,3-4,10H2,1-2H3. The lowest BCUT2D eigenvalue weighted by atomic mass is 9.80. The van der Waals surface area contributed by atoms with Crippen LogP contribution in [0.15, 0.2) is 0 Å². The molecular weight excluding hydrogens is 190 g/mol. The Balaban J connectivity index is 2.49. The smallest absolute Gasteiger partial charge is 0.0302 e. The molecule has 1 aliphatic carbocycles. The van der Waals surface area contributed by atoms with Gasteiger partial charge in [0.25, 0.3) is 0 Å². The quantitative estimate of drug-likeness (QED) is 0.604. The minimum Gasteiger partial charge on any atom is -0.326 e. The molecule has 0 aromatic heterocycles. The molecule has 1 nitrogen and oxygen atoms in total. The van der Waals surface area contributed by atoms with Crippen molar-refractivity contribution in [3.63, 3.8) is 0 Å². The Hall–Kier alpha value is 0.440. The summed E-state index contributed by atoms with van der Waals surface area (Å²) in [7, 11) is 0. The third-order valence-electron chi connectivity index (χ3n) is 2.48. The lowest BCUT2D eigenvalue weighted by Gasteiger charge is -2.34. The predicted molar refractivity (Wildman–Crippen MR) is 48.3 cm³/mol. The molecule has 1 aliphatic rings. The average Bonchev–Trinajstić information content (AvgIpc) is 1.82. The normalized spacial score (nSPS) is 49.2. The Kier molecular flexibility index (Phi) is 2.75. The molecule has 2 heteroatoms. The van der Waals surface area contributed by atoms with Gasteiger partial charge in [0.15, 0.2) is 0 Å². The molecule has 1 fully saturated rings. The minimum absolute atomic E-state index is 0.371. The summed E-state index contributed by atoms with van der Waals surface area (Å²) in [5.41, 5.74) is 5.94. The topological polar surface area (TPSA) is 26.0 Å². The first-order valence-electron chi connectivity index (χ1n) is 4.01. The number of hydrogen-bond donors (Lipinski definition) is 1. The van der Waals surface area contributed by atoms with Crippen LogP contribution in [0.5, 0.6) is 0 Å². The monoisotopic (exact) mass is 205 g/mol. The highest BCUT2D eigenvalue weighted by molar-refractivity contribution is 9.09. The summed E-state index contributed by atoms with van der Waals surface area (Å²) in [4.78, 5) is 0.547. The van der Waals surface area contributed by atoms with E-state index in [1.807, 2.05) is 0 Å². The van der Waals surface area contributed by atoms with Crippen molar-refractivity contribution in [2.75, 3.05) is 0 Å². The van der Waals surface area contributed by atoms with Crippen LogP contribution in [0, 0.1) is 11.8 Å². The highest BCUT2D eigenvalue weighted by Crippen LogP contribution is 2.31. The predicted octanol–water partition coefficient (Wildman–Crippen LogP) is 2.14. The Bertz CT molecular complexity index is 104. The SMILES string of the molecule is CC1CC(C)C(N)C(Br)C1. The summed E-state index contributed by atoms with van der Waals surface area (Å²) in [6.45, 7) is 4.55. The van der Waals surface area contributed by atoms with Crippen molar-refractivity contribution in [1.82, 2.24) is 0 Å². The minimum atomic E-state index is 0.371. The Morgan fingerprint density at radius 1 is 1.30 bits per heavy atom. The largest absolute Gasteiger partial charge is 0.326 e. The maximum Gasteiger partial charge on any atom is 0.0302 e. The molecule has 1 rings (SSSR count). The van der Waals surface area contributed by atoms with Crippen LogP contribution in [0.2, 0.25) is 0 Å². The second-order valence-electron chi connectivity index (χ2n) is 3.65. The van der Waals surface area contributed by atoms with Gasteiger partial charge in [0.05, 0.1) is 0 Å². The molecule has 4 unspecified atom stereocenters. The lowest BCUT2D eigenvalue weighted by molar-refractivity contribution is 0.274. The van der Waals surface area contributed by atoms with Crippen molar-refractivity contribution in [2.45, 2.75) is 37.6 Å². The third kappa shape index (κ3) is 1.73. The molecule has 4 atom stereocenters. The van der Waals surface area contributed by atoms with Crippen molar-refractivity contribution >= 4 is 15.9 Å². The summed E-state index contributed by atoms with van der Waals surface area (Å²) < 4.78 is 0. The Morgan fingerprint density at radius 3 is 2.40 bits per heavy atom. The van der Waals surface area contributed by atoms with Crippen molar-refractivity contribution in [2.24, 2.45) is 17.6 Å². The Labute approximate surface area is 71.5 Å². The van der Waals surface area contributed by atoms with E-state index >= 15 is 0 Å². The first-order chi connectivity index (χ1) is 4.61. The maximum absolute atomic E-state index is 5.94. The van der Waals surface area contributed by atoms with Crippen molar-refractivity contribution < 1.29 is 0 Å². The van der Waals surface area contributed by atoms with Crippen LogP contribution in [-0.2, 0) is 0 Å². The number of alkyl halides is 1. The van der Waals surface area contributed by atoms with E-state index in [-0.39, 0.29) is 0 Å². The molecule has 0 radical (unpaired) electrons. The van der Waals surface area contributed by atoms with Crippen LogP contribution in [0.1, 0.15) is 26.7 Å². The number of rotatable bonds is 0. The van der Waals surface area contributed by atoms with Gasteiger partial charge in [-0.05, 0) is 24.7 Å². The second kappa shape index (κ2) is 3.22. The van der Waals surface area contributed by atoms with E-state index in [1.165, 1.54) is 12.8 Å². The number of halogens is 1. The van der Waals surface area contributed by atoms with Gasteiger partial charge in [0.2, 0.25) is 0 Å². The number of nitrogens with two attached hydrogens (primary N) is 1. The molecule has 60 valence electrons. The van der Waals surface area contributed by atoms with Crippen molar-refractivity contribution in [1.29, 1.82) is 0 Å². The van der Waals surface area contributed by atoms with E-state index in [0.717, 1.165) is 5.92 Å². The fourth-order valence-corrected chi connectivity index (χ4v) is 2.95. The Morgan fingerprint density at radius 2 is 1.90 bits per heavy atom. The zero-order valence-electron chi connectivity index (χ0n) is 6.68. The van der Waals surface area contributed by atoms with Crippen LogP contribution >= 0.6 is 15.9 Å². The van der Waals surface area contributed by atoms with Gasteiger partial charge in [-0.3, -0.25) is 0 Å². The summed E-state index contributed by atoms with van der Waals surface area (Å²) in [5, 5.41) is 0. The first-order valence-corrected chi connectivity index (χ1v) is 4.92. The van der Waals surface area contributed by atoms with Crippen molar-refractivity contribution in [3.8, 4) is 0 Å². The molecule has 0 bridgehead atoms. The third-order valence-corrected chi connectivity index (χ3v) is 3.46. The van der Waals surface area contributed by atoms with Gasteiger partial charge in [-0.2, -0.15) is 0 Å². The van der Waals surface area contributed by atoms with Gasteiger partial charge in [0.1, 0.15) is 0 Å². The fourth-order valence-electron chi connectivity index (χ4n) is 1.79. The first kappa shape index (κ1) is 8.54. The molecular formula is C8H16BrN. The van der Waals surface area contributed by atoms with Gasteiger partial charge in [-0.25, -0.2) is 0 Å². The highest BCUT2D eigenvalue weighted by Gasteiger charge is 2.29. The zero-order valence-corrected chi connectivity index (χ0v) is 8.26. The molecule has 2 N–H and O–H groups in total. The molecule has 0 heterocycles. The molecule has 1 saturated carbocycles. The fraction of sp³-hybridized carbons (Fsp3) is 1.00. The summed E-state index contributed by atoms with van der Waals surface area (Å²) in [5.74, 6) is 1.53. The second-order valence-corrected chi connectivity index (χ2v) is 4.82. The zero-order chi connectivity index (χ0) is 7.72. The van der Waals surface area contributed by atoms with Crippen LogP contribution in [-0.4, -0.2) is 10.9 Å². The van der Waals surface area contributed by atoms with Gasteiger partial charge in [-0.15, -0.1) is 0 Å². The molecule has 0 aromatic carbocycles. The van der Waals surface area contributed by atoms with Crippen LogP contribution < -0.4 is 5.73 Å². The van der Waals surface area contributed by atoms with Gasteiger partial charge >= 0.3 is 0 Å². The van der Waals surface area contributed by atoms with E-state index < -0.39 is 0 Å². The van der Waals surface area contributed by atoms with Crippen LogP contribution in [0.25, 0.3) is 0 Å². The van der Waals surface area contributed by atoms with Gasteiger partial charge < -0.3 is 5.73 Å². The molecule has 0 saturated heterocycles. The molecule has 10 heavy (non-hydrogen) atoms. The molecule has 0 spiro atoms. The highest BCUT2D eigenvalue weighted by atomic mass is 79.9.